The van der Waals surface area contributed by atoms with Crippen molar-refractivity contribution in [1.29, 1.82) is 0 Å². The first-order valence-corrected chi connectivity index (χ1v) is 6.83. The normalized spacial score (nSPS) is 15.4. The van der Waals surface area contributed by atoms with Gasteiger partial charge in [0.2, 0.25) is 0 Å². The molecule has 1 fully saturated rings. The van der Waals surface area contributed by atoms with E-state index in [4.69, 9.17) is 5.11 Å². The van der Waals surface area contributed by atoms with Crippen molar-refractivity contribution in [3.8, 4) is 0 Å². The zero-order valence-electron chi connectivity index (χ0n) is 11.6. The van der Waals surface area contributed by atoms with Crippen LogP contribution >= 0.6 is 0 Å². The Hall–Kier alpha value is -2.04. The van der Waals surface area contributed by atoms with Crippen LogP contribution in [0.5, 0.6) is 0 Å². The highest BCUT2D eigenvalue weighted by atomic mass is 16.4. The molecule has 2 amide bonds. The van der Waals surface area contributed by atoms with Gasteiger partial charge in [0, 0.05) is 13.1 Å². The van der Waals surface area contributed by atoms with Crippen molar-refractivity contribution in [2.24, 2.45) is 5.41 Å². The fourth-order valence-electron chi connectivity index (χ4n) is 2.13. The van der Waals surface area contributed by atoms with Gasteiger partial charge in [-0.15, -0.1) is 0 Å². The third-order valence-electron chi connectivity index (χ3n) is 3.84. The number of carboxylic acid groups (broad SMARTS) is 1. The number of nitrogens with one attached hydrogen (secondary N) is 2. The van der Waals surface area contributed by atoms with Crippen LogP contribution < -0.4 is 10.6 Å². The lowest BCUT2D eigenvalue weighted by atomic mass is 10.1. The largest absolute Gasteiger partial charge is 0.481 e. The van der Waals surface area contributed by atoms with Gasteiger partial charge in [-0.25, -0.2) is 4.79 Å². The number of carboxylic acids is 1. The smallest absolute Gasteiger partial charge is 0.314 e. The standard InChI is InChI=1S/C15H20N2O3/c1-11-4-2-3-5-12(11)6-9-16-14(20)17-10-15(7-8-15)13(18)19/h2-5H,6-10H2,1H3,(H,18,19)(H2,16,17,20). The molecule has 0 bridgehead atoms. The number of carbonyl (C=O) groups excluding carboxylic acids is 1. The quantitative estimate of drug-likeness (QED) is 0.740. The van der Waals surface area contributed by atoms with Crippen molar-refractivity contribution >= 4 is 12.0 Å². The van der Waals surface area contributed by atoms with Crippen LogP contribution in [0.15, 0.2) is 24.3 Å². The van der Waals surface area contributed by atoms with E-state index in [2.05, 4.69) is 10.6 Å². The van der Waals surface area contributed by atoms with Gasteiger partial charge in [0.15, 0.2) is 0 Å². The number of amides is 2. The highest BCUT2D eigenvalue weighted by Gasteiger charge is 2.50. The van der Waals surface area contributed by atoms with Gasteiger partial charge in [-0.2, -0.15) is 0 Å². The van der Waals surface area contributed by atoms with Gasteiger partial charge in [0.25, 0.3) is 0 Å². The molecule has 0 unspecified atom stereocenters. The number of benzene rings is 1. The molecule has 0 aliphatic heterocycles. The van der Waals surface area contributed by atoms with Gasteiger partial charge in [-0.1, -0.05) is 24.3 Å². The van der Waals surface area contributed by atoms with Crippen LogP contribution in [0.1, 0.15) is 24.0 Å². The summed E-state index contributed by atoms with van der Waals surface area (Å²) >= 11 is 0. The maximum atomic E-state index is 11.6. The molecule has 5 nitrogen and oxygen atoms in total. The molecule has 0 aromatic heterocycles. The fourth-order valence-corrected chi connectivity index (χ4v) is 2.13. The molecular formula is C15H20N2O3. The van der Waals surface area contributed by atoms with Crippen LogP contribution in [0.3, 0.4) is 0 Å². The summed E-state index contributed by atoms with van der Waals surface area (Å²) in [6, 6.07) is 7.75. The minimum atomic E-state index is -0.822. The molecule has 3 N–H and O–H groups in total. The van der Waals surface area contributed by atoms with Gasteiger partial charge < -0.3 is 15.7 Å². The van der Waals surface area contributed by atoms with E-state index < -0.39 is 11.4 Å². The third-order valence-corrected chi connectivity index (χ3v) is 3.84. The van der Waals surface area contributed by atoms with Gasteiger partial charge >= 0.3 is 12.0 Å². The Bertz CT molecular complexity index is 510. The summed E-state index contributed by atoms with van der Waals surface area (Å²) in [5.41, 5.74) is 1.70. The lowest BCUT2D eigenvalue weighted by molar-refractivity contribution is -0.143. The van der Waals surface area contributed by atoms with Crippen molar-refractivity contribution in [1.82, 2.24) is 10.6 Å². The van der Waals surface area contributed by atoms with Gasteiger partial charge in [-0.3, -0.25) is 4.79 Å². The highest BCUT2D eigenvalue weighted by Crippen LogP contribution is 2.45. The Kier molecular flexibility index (Phi) is 4.27. The predicted molar refractivity (Wildman–Crippen MR) is 75.6 cm³/mol. The Morgan fingerprint density at radius 1 is 1.25 bits per heavy atom. The van der Waals surface area contributed by atoms with Crippen molar-refractivity contribution < 1.29 is 14.7 Å². The second-order valence-electron chi connectivity index (χ2n) is 5.37. The molecule has 108 valence electrons. The number of carbonyl (C=O) groups is 2. The first-order valence-electron chi connectivity index (χ1n) is 6.83. The number of urea groups is 1. The van der Waals surface area contributed by atoms with E-state index in [0.29, 0.717) is 19.4 Å². The molecule has 2 rings (SSSR count). The summed E-state index contributed by atoms with van der Waals surface area (Å²) in [6.45, 7) is 2.79. The van der Waals surface area contributed by atoms with E-state index in [9.17, 15) is 9.59 Å². The van der Waals surface area contributed by atoms with Crippen LogP contribution in [-0.2, 0) is 11.2 Å². The number of hydrogen-bond donors (Lipinski definition) is 3. The van der Waals surface area contributed by atoms with E-state index >= 15 is 0 Å². The monoisotopic (exact) mass is 276 g/mol. The number of aryl methyl sites for hydroxylation is 1. The Labute approximate surface area is 118 Å². The van der Waals surface area contributed by atoms with Crippen LogP contribution in [-0.4, -0.2) is 30.2 Å². The maximum absolute atomic E-state index is 11.6. The first-order chi connectivity index (χ1) is 9.53. The van der Waals surface area contributed by atoms with Crippen LogP contribution in [0, 0.1) is 12.3 Å². The average Bonchev–Trinajstić information content (AvgIpc) is 3.20. The molecular weight excluding hydrogens is 256 g/mol. The van der Waals surface area contributed by atoms with Crippen LogP contribution in [0.2, 0.25) is 0 Å². The summed E-state index contributed by atoms with van der Waals surface area (Å²) in [5.74, 6) is -0.822. The molecule has 1 aliphatic carbocycles. The topological polar surface area (TPSA) is 78.4 Å². The minimum Gasteiger partial charge on any atom is -0.481 e. The van der Waals surface area contributed by atoms with Crippen molar-refractivity contribution in [2.45, 2.75) is 26.2 Å². The molecule has 0 atom stereocenters. The zero-order valence-corrected chi connectivity index (χ0v) is 11.6. The molecule has 0 spiro atoms. The highest BCUT2D eigenvalue weighted by molar-refractivity contribution is 5.80. The van der Waals surface area contributed by atoms with E-state index in [1.807, 2.05) is 31.2 Å². The SMILES string of the molecule is Cc1ccccc1CCNC(=O)NCC1(C(=O)O)CC1. The second-order valence-corrected chi connectivity index (χ2v) is 5.37. The number of rotatable bonds is 6. The van der Waals surface area contributed by atoms with E-state index in [0.717, 1.165) is 6.42 Å². The molecule has 0 radical (unpaired) electrons. The first kappa shape index (κ1) is 14.4. The summed E-state index contributed by atoms with van der Waals surface area (Å²) in [7, 11) is 0. The fraction of sp³-hybridized carbons (Fsp3) is 0.467. The summed E-state index contributed by atoms with van der Waals surface area (Å²) < 4.78 is 0. The average molecular weight is 276 g/mol. The van der Waals surface area contributed by atoms with Gasteiger partial charge in [-0.05, 0) is 37.3 Å². The van der Waals surface area contributed by atoms with Crippen molar-refractivity contribution in [3.63, 3.8) is 0 Å². The summed E-state index contributed by atoms with van der Waals surface area (Å²) in [4.78, 5) is 22.6. The zero-order chi connectivity index (χ0) is 14.6. The van der Waals surface area contributed by atoms with E-state index in [1.165, 1.54) is 11.1 Å². The van der Waals surface area contributed by atoms with Gasteiger partial charge in [0.05, 0.1) is 5.41 Å². The second kappa shape index (κ2) is 5.94. The minimum absolute atomic E-state index is 0.207. The lowest BCUT2D eigenvalue weighted by Crippen LogP contribution is -2.41. The summed E-state index contributed by atoms with van der Waals surface area (Å²) in [6.07, 6.45) is 2.06. The molecule has 0 heterocycles. The van der Waals surface area contributed by atoms with Crippen molar-refractivity contribution in [3.05, 3.63) is 35.4 Å². The lowest BCUT2D eigenvalue weighted by Gasteiger charge is -2.12. The maximum Gasteiger partial charge on any atom is 0.314 e. The molecule has 20 heavy (non-hydrogen) atoms. The Morgan fingerprint density at radius 3 is 2.55 bits per heavy atom. The number of hydrogen-bond acceptors (Lipinski definition) is 2. The van der Waals surface area contributed by atoms with Gasteiger partial charge in [0.1, 0.15) is 0 Å². The molecule has 1 aliphatic rings. The van der Waals surface area contributed by atoms with Crippen LogP contribution in [0.4, 0.5) is 4.79 Å². The van der Waals surface area contributed by atoms with Crippen molar-refractivity contribution in [2.75, 3.05) is 13.1 Å². The summed E-state index contributed by atoms with van der Waals surface area (Å²) in [5, 5.41) is 14.4. The van der Waals surface area contributed by atoms with Crippen LogP contribution in [0.25, 0.3) is 0 Å². The molecule has 1 aromatic carbocycles. The van der Waals surface area contributed by atoms with E-state index in [1.54, 1.807) is 0 Å². The predicted octanol–water partition coefficient (Wildman–Crippen LogP) is 1.70. The third kappa shape index (κ3) is 3.50. The molecule has 1 aromatic rings. The Morgan fingerprint density at radius 2 is 1.95 bits per heavy atom. The Balaban J connectivity index is 1.68. The van der Waals surface area contributed by atoms with E-state index in [-0.39, 0.29) is 12.6 Å². The number of aliphatic carboxylic acids is 1. The molecule has 5 heteroatoms. The molecule has 1 saturated carbocycles. The molecule has 0 saturated heterocycles.